The van der Waals surface area contributed by atoms with E-state index in [0.717, 1.165) is 12.1 Å². The van der Waals surface area contributed by atoms with Crippen LogP contribution in [0.15, 0.2) is 35.9 Å². The van der Waals surface area contributed by atoms with Crippen molar-refractivity contribution in [3.8, 4) is 23.0 Å². The van der Waals surface area contributed by atoms with Crippen LogP contribution in [0.2, 0.25) is 0 Å². The van der Waals surface area contributed by atoms with Crippen molar-refractivity contribution in [1.82, 2.24) is 9.80 Å². The highest BCUT2D eigenvalue weighted by Crippen LogP contribution is 2.46. The number of carbonyl (C=O) groups excluding carboxylic acids is 2. The van der Waals surface area contributed by atoms with Crippen LogP contribution in [0.1, 0.15) is 43.0 Å². The second-order valence-corrected chi connectivity index (χ2v) is 10.3. The molecule has 1 N–H and O–H groups in total. The first-order valence-electron chi connectivity index (χ1n) is 13.0. The molecule has 0 bridgehead atoms. The van der Waals surface area contributed by atoms with Crippen LogP contribution in [0.3, 0.4) is 0 Å². The molecule has 3 rings (SSSR count). The van der Waals surface area contributed by atoms with E-state index in [9.17, 15) is 14.7 Å². The zero-order valence-electron chi connectivity index (χ0n) is 24.2. The predicted molar refractivity (Wildman–Crippen MR) is 150 cm³/mol. The van der Waals surface area contributed by atoms with Gasteiger partial charge in [0.25, 0.3) is 11.7 Å². The van der Waals surface area contributed by atoms with Crippen molar-refractivity contribution in [2.75, 3.05) is 55.1 Å². The van der Waals surface area contributed by atoms with Crippen LogP contribution < -0.4 is 18.9 Å². The summed E-state index contributed by atoms with van der Waals surface area (Å²) < 4.78 is 22.4. The van der Waals surface area contributed by atoms with Crippen molar-refractivity contribution in [1.29, 1.82) is 0 Å². The van der Waals surface area contributed by atoms with Gasteiger partial charge in [0.05, 0.1) is 39.6 Å². The van der Waals surface area contributed by atoms with E-state index < -0.39 is 17.7 Å². The zero-order chi connectivity index (χ0) is 28.9. The van der Waals surface area contributed by atoms with Gasteiger partial charge in [-0.05, 0) is 81.4 Å². The number of aliphatic hydroxyl groups is 1. The zero-order valence-corrected chi connectivity index (χ0v) is 24.2. The number of hydrogen-bond acceptors (Lipinski definition) is 8. The molecule has 9 heteroatoms. The molecule has 1 saturated heterocycles. The number of aryl methyl sites for hydroxylation is 1. The Bertz CT molecular complexity index is 1210. The summed E-state index contributed by atoms with van der Waals surface area (Å²) in [5.41, 5.74) is 1.74. The van der Waals surface area contributed by atoms with Gasteiger partial charge < -0.3 is 33.9 Å². The molecule has 1 heterocycles. The number of likely N-dealkylation sites (tertiary alicyclic amines) is 1. The SMILES string of the molecule is COc1cc([C@@H]2/C(=C(\O)c3ccc(OCC(C)C)cc3C)C(=O)C(=O)N2CCCN(C)C)cc(OC)c1OC. The number of hydrogen-bond donors (Lipinski definition) is 1. The summed E-state index contributed by atoms with van der Waals surface area (Å²) in [5, 5.41) is 11.6. The minimum atomic E-state index is -0.850. The Morgan fingerprint density at radius 3 is 2.18 bits per heavy atom. The number of ketones is 1. The Labute approximate surface area is 230 Å². The number of ether oxygens (including phenoxy) is 4. The number of benzene rings is 2. The molecule has 0 spiro atoms. The number of methoxy groups -OCH3 is 3. The molecule has 1 fully saturated rings. The predicted octanol–water partition coefficient (Wildman–Crippen LogP) is 4.43. The normalized spacial score (nSPS) is 16.8. The van der Waals surface area contributed by atoms with E-state index in [4.69, 9.17) is 18.9 Å². The number of aliphatic hydroxyl groups excluding tert-OH is 1. The van der Waals surface area contributed by atoms with Crippen molar-refractivity contribution in [3.63, 3.8) is 0 Å². The number of carbonyl (C=O) groups is 2. The largest absolute Gasteiger partial charge is 0.507 e. The summed E-state index contributed by atoms with van der Waals surface area (Å²) >= 11 is 0. The van der Waals surface area contributed by atoms with Crippen molar-refractivity contribution < 1.29 is 33.6 Å². The van der Waals surface area contributed by atoms with Crippen LogP contribution in [0.4, 0.5) is 0 Å². The molecule has 9 nitrogen and oxygen atoms in total. The summed E-state index contributed by atoms with van der Waals surface area (Å²) in [7, 11) is 8.40. The van der Waals surface area contributed by atoms with Gasteiger partial charge in [-0.3, -0.25) is 9.59 Å². The lowest BCUT2D eigenvalue weighted by Crippen LogP contribution is -2.32. The molecule has 1 atom stereocenters. The maximum Gasteiger partial charge on any atom is 0.295 e. The van der Waals surface area contributed by atoms with Gasteiger partial charge in [0.1, 0.15) is 11.5 Å². The van der Waals surface area contributed by atoms with Crippen LogP contribution in [0, 0.1) is 12.8 Å². The summed E-state index contributed by atoms with van der Waals surface area (Å²) in [5.74, 6) is 0.543. The van der Waals surface area contributed by atoms with Crippen molar-refractivity contribution in [2.45, 2.75) is 33.2 Å². The molecule has 2 aromatic rings. The first-order valence-corrected chi connectivity index (χ1v) is 13.0. The number of Topliss-reactive ketones (excluding diaryl/α,β-unsaturated/α-hetero) is 1. The minimum Gasteiger partial charge on any atom is -0.507 e. The van der Waals surface area contributed by atoms with Crippen molar-refractivity contribution >= 4 is 17.4 Å². The number of nitrogens with zero attached hydrogens (tertiary/aromatic N) is 2. The molecule has 1 amide bonds. The first kappa shape index (κ1) is 29.8. The monoisotopic (exact) mass is 540 g/mol. The maximum atomic E-state index is 13.5. The maximum absolute atomic E-state index is 13.5. The number of rotatable bonds is 12. The van der Waals surface area contributed by atoms with Crippen LogP contribution in [0.25, 0.3) is 5.76 Å². The van der Waals surface area contributed by atoms with Gasteiger partial charge in [-0.15, -0.1) is 0 Å². The van der Waals surface area contributed by atoms with Gasteiger partial charge >= 0.3 is 0 Å². The van der Waals surface area contributed by atoms with Gasteiger partial charge in [0.2, 0.25) is 5.75 Å². The van der Waals surface area contributed by atoms with Crippen LogP contribution in [0.5, 0.6) is 23.0 Å². The molecule has 0 unspecified atom stereocenters. The molecule has 212 valence electrons. The summed E-state index contributed by atoms with van der Waals surface area (Å²) in [4.78, 5) is 30.3. The van der Waals surface area contributed by atoms with Gasteiger partial charge in [-0.1, -0.05) is 13.8 Å². The lowest BCUT2D eigenvalue weighted by atomic mass is 9.93. The van der Waals surface area contributed by atoms with Crippen molar-refractivity contribution in [3.05, 3.63) is 52.6 Å². The number of amides is 1. The Hall–Kier alpha value is -3.72. The third-order valence-electron chi connectivity index (χ3n) is 6.58. The van der Waals surface area contributed by atoms with Gasteiger partial charge in [0.15, 0.2) is 11.5 Å². The van der Waals surface area contributed by atoms with E-state index in [1.165, 1.54) is 26.2 Å². The third-order valence-corrected chi connectivity index (χ3v) is 6.58. The molecule has 0 radical (unpaired) electrons. The summed E-state index contributed by atoms with van der Waals surface area (Å²) in [6.07, 6.45) is 0.641. The van der Waals surface area contributed by atoms with E-state index in [1.54, 1.807) is 24.3 Å². The van der Waals surface area contributed by atoms with E-state index in [-0.39, 0.29) is 11.3 Å². The molecular weight excluding hydrogens is 500 g/mol. The van der Waals surface area contributed by atoms with Gasteiger partial charge in [0, 0.05) is 12.1 Å². The average Bonchev–Trinajstić information content (AvgIpc) is 3.15. The molecule has 39 heavy (non-hydrogen) atoms. The quantitative estimate of drug-likeness (QED) is 0.240. The first-order chi connectivity index (χ1) is 18.5. The summed E-state index contributed by atoms with van der Waals surface area (Å²) in [6.45, 7) is 7.56. The standard InChI is InChI=1S/C30H40N2O7/c1-18(2)17-39-21-10-11-22(19(3)14-21)27(33)25-26(32(30(35)28(25)34)13-9-12-31(4)5)20-15-23(36-6)29(38-8)24(16-20)37-7/h10-11,14-16,18,26,33H,9,12-13,17H2,1-8H3/b27-25+/t26-/m1/s1. The molecule has 0 aliphatic carbocycles. The Kier molecular flexibility index (Phi) is 9.86. The molecule has 0 saturated carbocycles. The molecular formula is C30H40N2O7. The van der Waals surface area contributed by atoms with E-state index >= 15 is 0 Å². The van der Waals surface area contributed by atoms with Crippen LogP contribution >= 0.6 is 0 Å². The Morgan fingerprint density at radius 1 is 1.03 bits per heavy atom. The fourth-order valence-electron chi connectivity index (χ4n) is 4.67. The van der Waals surface area contributed by atoms with Crippen molar-refractivity contribution in [2.24, 2.45) is 5.92 Å². The smallest absolute Gasteiger partial charge is 0.295 e. The topological polar surface area (TPSA) is 97.8 Å². The molecule has 1 aliphatic heterocycles. The fraction of sp³-hybridized carbons (Fsp3) is 0.467. The van der Waals surface area contributed by atoms with Gasteiger partial charge in [-0.2, -0.15) is 0 Å². The second kappa shape index (κ2) is 12.9. The molecule has 0 aromatic heterocycles. The van der Waals surface area contributed by atoms with E-state index in [0.29, 0.717) is 59.6 Å². The lowest BCUT2D eigenvalue weighted by Gasteiger charge is -2.27. The highest BCUT2D eigenvalue weighted by molar-refractivity contribution is 6.46. The van der Waals surface area contributed by atoms with E-state index in [2.05, 4.69) is 13.8 Å². The fourth-order valence-corrected chi connectivity index (χ4v) is 4.67. The molecule has 2 aromatic carbocycles. The van der Waals surface area contributed by atoms with E-state index in [1.807, 2.05) is 32.0 Å². The minimum absolute atomic E-state index is 0.0121. The second-order valence-electron chi connectivity index (χ2n) is 10.3. The summed E-state index contributed by atoms with van der Waals surface area (Å²) in [6, 6.07) is 7.86. The average molecular weight is 541 g/mol. The highest BCUT2D eigenvalue weighted by Gasteiger charge is 2.46. The molecule has 1 aliphatic rings. The van der Waals surface area contributed by atoms with Gasteiger partial charge in [-0.25, -0.2) is 0 Å². The lowest BCUT2D eigenvalue weighted by molar-refractivity contribution is -0.139. The Morgan fingerprint density at radius 2 is 1.67 bits per heavy atom. The highest BCUT2D eigenvalue weighted by atomic mass is 16.5. The third kappa shape index (κ3) is 6.47. The van der Waals surface area contributed by atoms with Crippen LogP contribution in [-0.4, -0.2) is 81.7 Å². The Balaban J connectivity index is 2.18. The van der Waals surface area contributed by atoms with Crippen LogP contribution in [-0.2, 0) is 9.59 Å².